The van der Waals surface area contributed by atoms with Gasteiger partial charge in [-0.2, -0.15) is 4.31 Å². The lowest BCUT2D eigenvalue weighted by Gasteiger charge is -2.43. The molecule has 9 heteroatoms. The summed E-state index contributed by atoms with van der Waals surface area (Å²) in [5.74, 6) is 1.56. The molecule has 0 bridgehead atoms. The van der Waals surface area contributed by atoms with Gasteiger partial charge in [-0.15, -0.1) is 11.3 Å². The van der Waals surface area contributed by atoms with E-state index in [2.05, 4.69) is 4.90 Å². The normalized spacial score (nSPS) is 24.6. The van der Waals surface area contributed by atoms with Crippen molar-refractivity contribution in [3.8, 4) is 5.75 Å². The number of fused-ring (bicyclic) bond motifs is 1. The van der Waals surface area contributed by atoms with E-state index in [0.717, 1.165) is 24.4 Å². The molecule has 5 rings (SSSR count). The third-order valence-corrected chi connectivity index (χ3v) is 10.7. The molecule has 184 valence electrons. The number of hydrogen-bond acceptors (Lipinski definition) is 6. The summed E-state index contributed by atoms with van der Waals surface area (Å²) in [5.41, 5.74) is 0.569. The van der Waals surface area contributed by atoms with Crippen molar-refractivity contribution in [2.45, 2.75) is 68.2 Å². The molecule has 1 aromatic carbocycles. The maximum Gasteiger partial charge on any atom is 0.273 e. The summed E-state index contributed by atoms with van der Waals surface area (Å²) in [7, 11) is -1.97. The van der Waals surface area contributed by atoms with Crippen molar-refractivity contribution in [3.05, 3.63) is 40.3 Å². The second-order valence-corrected chi connectivity index (χ2v) is 12.5. The maximum atomic E-state index is 13.3. The van der Waals surface area contributed by atoms with Crippen molar-refractivity contribution in [3.63, 3.8) is 0 Å². The Kier molecular flexibility index (Phi) is 6.95. The zero-order valence-electron chi connectivity index (χ0n) is 19.7. The van der Waals surface area contributed by atoms with Crippen molar-refractivity contribution in [2.24, 2.45) is 5.92 Å². The average Bonchev–Trinajstić information content (AvgIpc) is 3.38. The predicted octanol–water partition coefficient (Wildman–Crippen LogP) is 4.51. The molecule has 2 unspecified atom stereocenters. The first-order valence-corrected chi connectivity index (χ1v) is 14.7. The SMILES string of the molecule is COc1ccc(S(=O)(=O)N2CCC(c3nc(C(=O)N4CCCC5CCCCC54)cs3)CC2)cc1. The first-order valence-electron chi connectivity index (χ1n) is 12.4. The van der Waals surface area contributed by atoms with Crippen LogP contribution in [-0.2, 0) is 10.0 Å². The van der Waals surface area contributed by atoms with Crippen molar-refractivity contribution in [1.82, 2.24) is 14.2 Å². The quantitative estimate of drug-likeness (QED) is 0.600. The summed E-state index contributed by atoms with van der Waals surface area (Å²) in [6.07, 6.45) is 8.63. The number of aromatic nitrogens is 1. The fourth-order valence-electron chi connectivity index (χ4n) is 5.84. The third kappa shape index (κ3) is 4.62. The number of sulfonamides is 1. The first kappa shape index (κ1) is 23.8. The highest BCUT2D eigenvalue weighted by molar-refractivity contribution is 7.89. The molecule has 1 saturated carbocycles. The smallest absolute Gasteiger partial charge is 0.273 e. The van der Waals surface area contributed by atoms with E-state index in [1.54, 1.807) is 47.0 Å². The van der Waals surface area contributed by atoms with Gasteiger partial charge < -0.3 is 9.64 Å². The Balaban J connectivity index is 1.22. The van der Waals surface area contributed by atoms with Gasteiger partial charge in [0.1, 0.15) is 11.4 Å². The molecule has 34 heavy (non-hydrogen) atoms. The van der Waals surface area contributed by atoms with Gasteiger partial charge in [-0.25, -0.2) is 13.4 Å². The van der Waals surface area contributed by atoms with Crippen molar-refractivity contribution in [2.75, 3.05) is 26.7 Å². The highest BCUT2D eigenvalue weighted by Gasteiger charge is 2.37. The second-order valence-electron chi connectivity index (χ2n) is 9.68. The van der Waals surface area contributed by atoms with Crippen LogP contribution >= 0.6 is 11.3 Å². The van der Waals surface area contributed by atoms with Crippen LogP contribution < -0.4 is 4.74 Å². The molecule has 7 nitrogen and oxygen atoms in total. The number of carbonyl (C=O) groups is 1. The summed E-state index contributed by atoms with van der Waals surface area (Å²) in [5, 5.41) is 2.87. The number of hydrogen-bond donors (Lipinski definition) is 0. The molecule has 1 aromatic heterocycles. The van der Waals surface area contributed by atoms with Gasteiger partial charge >= 0.3 is 0 Å². The van der Waals surface area contributed by atoms with Gasteiger partial charge in [-0.1, -0.05) is 12.8 Å². The number of carbonyl (C=O) groups excluding carboxylic acids is 1. The minimum Gasteiger partial charge on any atom is -0.497 e. The van der Waals surface area contributed by atoms with Gasteiger partial charge in [-0.05, 0) is 68.7 Å². The Morgan fingerprint density at radius 1 is 1.00 bits per heavy atom. The number of benzene rings is 1. The second kappa shape index (κ2) is 9.95. The Hall–Kier alpha value is -1.97. The lowest BCUT2D eigenvalue weighted by atomic mass is 9.78. The fraction of sp³-hybridized carbons (Fsp3) is 0.600. The van der Waals surface area contributed by atoms with Crippen LogP contribution in [0.15, 0.2) is 34.5 Å². The Morgan fingerprint density at radius 2 is 1.71 bits per heavy atom. The van der Waals surface area contributed by atoms with Crippen molar-refractivity contribution >= 4 is 27.3 Å². The highest BCUT2D eigenvalue weighted by Crippen LogP contribution is 2.37. The van der Waals surface area contributed by atoms with Crippen LogP contribution in [0, 0.1) is 5.92 Å². The topological polar surface area (TPSA) is 79.8 Å². The van der Waals surface area contributed by atoms with Crippen LogP contribution in [0.2, 0.25) is 0 Å². The molecule has 0 radical (unpaired) electrons. The summed E-state index contributed by atoms with van der Waals surface area (Å²) in [4.78, 5) is 20.4. The van der Waals surface area contributed by atoms with Crippen molar-refractivity contribution < 1.29 is 17.9 Å². The molecule has 2 aliphatic heterocycles. The van der Waals surface area contributed by atoms with E-state index >= 15 is 0 Å². The molecule has 2 saturated heterocycles. The van der Waals surface area contributed by atoms with E-state index in [9.17, 15) is 13.2 Å². The highest BCUT2D eigenvalue weighted by atomic mass is 32.2. The van der Waals surface area contributed by atoms with Gasteiger partial charge in [0.15, 0.2) is 0 Å². The Bertz CT molecular complexity index is 1110. The standard InChI is InChI=1S/C25H33N3O4S2/c1-32-20-8-10-21(11-9-20)34(30,31)27-15-12-19(13-16-27)24-26-22(17-33-24)25(29)28-14-4-6-18-5-2-3-7-23(18)28/h8-11,17-19,23H,2-7,12-16H2,1H3. The molecular weight excluding hydrogens is 470 g/mol. The molecule has 0 N–H and O–H groups in total. The summed E-state index contributed by atoms with van der Waals surface area (Å²) >= 11 is 1.55. The molecule has 1 amide bonds. The minimum absolute atomic E-state index is 0.0821. The predicted molar refractivity (Wildman–Crippen MR) is 132 cm³/mol. The van der Waals surface area contributed by atoms with Crippen molar-refractivity contribution in [1.29, 1.82) is 0 Å². The van der Waals surface area contributed by atoms with E-state index in [-0.39, 0.29) is 16.7 Å². The summed E-state index contributed by atoms with van der Waals surface area (Å²) in [6.45, 7) is 1.75. The first-order chi connectivity index (χ1) is 16.5. The summed E-state index contributed by atoms with van der Waals surface area (Å²) in [6, 6.07) is 6.91. The van der Waals surface area contributed by atoms with Gasteiger partial charge in [0, 0.05) is 37.0 Å². The van der Waals surface area contributed by atoms with E-state index < -0.39 is 10.0 Å². The molecule has 0 spiro atoms. The number of thiazole rings is 1. The Labute approximate surface area is 206 Å². The van der Waals surface area contributed by atoms with Crippen LogP contribution in [0.5, 0.6) is 5.75 Å². The number of methoxy groups -OCH3 is 1. The monoisotopic (exact) mass is 503 g/mol. The van der Waals surface area contributed by atoms with Crippen LogP contribution in [-0.4, -0.2) is 61.3 Å². The van der Waals surface area contributed by atoms with E-state index in [1.165, 1.54) is 25.7 Å². The molecule has 3 heterocycles. The number of likely N-dealkylation sites (tertiary alicyclic amines) is 1. The fourth-order valence-corrected chi connectivity index (χ4v) is 8.27. The maximum absolute atomic E-state index is 13.3. The van der Waals surface area contributed by atoms with Gasteiger partial charge in [0.25, 0.3) is 5.91 Å². The molecule has 3 aliphatic rings. The van der Waals surface area contributed by atoms with Gasteiger partial charge in [0.05, 0.1) is 17.0 Å². The molecular formula is C25H33N3O4S2. The largest absolute Gasteiger partial charge is 0.497 e. The molecule has 1 aliphatic carbocycles. The van der Waals surface area contributed by atoms with E-state index in [1.807, 2.05) is 5.38 Å². The number of ether oxygens (including phenoxy) is 1. The van der Waals surface area contributed by atoms with E-state index in [0.29, 0.717) is 49.3 Å². The van der Waals surface area contributed by atoms with Crippen LogP contribution in [0.4, 0.5) is 0 Å². The zero-order chi connectivity index (χ0) is 23.7. The molecule has 2 atom stereocenters. The lowest BCUT2D eigenvalue weighted by Crippen LogP contribution is -2.49. The van der Waals surface area contributed by atoms with E-state index in [4.69, 9.17) is 9.72 Å². The zero-order valence-corrected chi connectivity index (χ0v) is 21.3. The number of piperidine rings is 2. The lowest BCUT2D eigenvalue weighted by molar-refractivity contribution is 0.0386. The third-order valence-electron chi connectivity index (χ3n) is 7.75. The van der Waals surface area contributed by atoms with Crippen LogP contribution in [0.3, 0.4) is 0 Å². The average molecular weight is 504 g/mol. The number of rotatable bonds is 5. The van der Waals surface area contributed by atoms with Gasteiger partial charge in [-0.3, -0.25) is 4.79 Å². The Morgan fingerprint density at radius 3 is 2.44 bits per heavy atom. The van der Waals surface area contributed by atoms with Crippen LogP contribution in [0.1, 0.15) is 72.8 Å². The van der Waals surface area contributed by atoms with Crippen LogP contribution in [0.25, 0.3) is 0 Å². The van der Waals surface area contributed by atoms with Gasteiger partial charge in [0.2, 0.25) is 10.0 Å². The number of nitrogens with zero attached hydrogens (tertiary/aromatic N) is 3. The molecule has 3 fully saturated rings. The number of amides is 1. The molecule has 2 aromatic rings. The minimum atomic E-state index is -3.53. The summed E-state index contributed by atoms with van der Waals surface area (Å²) < 4.78 is 32.8.